The highest BCUT2D eigenvalue weighted by Crippen LogP contribution is 2.39. The van der Waals surface area contributed by atoms with Crippen molar-refractivity contribution in [2.24, 2.45) is 0 Å². The van der Waals surface area contributed by atoms with E-state index < -0.39 is 23.3 Å². The molecular weight excluding hydrogens is 210 g/mol. The van der Waals surface area contributed by atoms with Gasteiger partial charge in [-0.05, 0) is 40.0 Å². The minimum absolute atomic E-state index is 0.0667. The van der Waals surface area contributed by atoms with Gasteiger partial charge in [-0.25, -0.2) is 4.79 Å². The van der Waals surface area contributed by atoms with Crippen LogP contribution in [-0.2, 0) is 4.74 Å². The molecule has 1 amide bonds. The number of ether oxygens (including phenoxy) is 1. The molecule has 0 unspecified atom stereocenters. The summed E-state index contributed by atoms with van der Waals surface area (Å²) in [6.07, 6.45) is 1.11. The largest absolute Gasteiger partial charge is 0.444 e. The highest BCUT2D eigenvalue weighted by atomic mass is 16.6. The molecule has 94 valence electrons. The lowest BCUT2D eigenvalue weighted by Gasteiger charge is -2.26. The molecule has 1 rings (SSSR count). The van der Waals surface area contributed by atoms with Gasteiger partial charge in [0.25, 0.3) is 0 Å². The maximum absolute atomic E-state index is 11.5. The molecule has 5 heteroatoms. The normalized spacial score (nSPS) is 20.1. The Hall–Kier alpha value is -0.810. The van der Waals surface area contributed by atoms with E-state index in [1.54, 1.807) is 20.8 Å². The van der Waals surface area contributed by atoms with Crippen LogP contribution in [0.1, 0.15) is 40.0 Å². The number of aliphatic hydroxyl groups excluding tert-OH is 1. The van der Waals surface area contributed by atoms with Crippen molar-refractivity contribution in [3.63, 3.8) is 0 Å². The molecule has 1 saturated carbocycles. The highest BCUT2D eigenvalue weighted by Gasteiger charge is 2.48. The van der Waals surface area contributed by atoms with Crippen molar-refractivity contribution in [3.05, 3.63) is 0 Å². The zero-order chi connectivity index (χ0) is 12.4. The quantitative estimate of drug-likeness (QED) is 0.668. The van der Waals surface area contributed by atoms with Gasteiger partial charge >= 0.3 is 6.09 Å². The van der Waals surface area contributed by atoms with Gasteiger partial charge in [0.15, 0.2) is 0 Å². The zero-order valence-electron chi connectivity index (χ0n) is 10.1. The van der Waals surface area contributed by atoms with Gasteiger partial charge in [-0.3, -0.25) is 0 Å². The number of aliphatic hydroxyl groups is 2. The lowest BCUT2D eigenvalue weighted by molar-refractivity contribution is 0.0353. The SMILES string of the molecule is CC(C)(C)OC(=O)N[C@H](CCO)C1(O)CC1. The van der Waals surface area contributed by atoms with Gasteiger partial charge in [0.1, 0.15) is 5.60 Å². The Kier molecular flexibility index (Phi) is 3.80. The fourth-order valence-electron chi connectivity index (χ4n) is 1.53. The van der Waals surface area contributed by atoms with Crippen LogP contribution in [0.5, 0.6) is 0 Å². The third-order valence-corrected chi connectivity index (χ3v) is 2.52. The number of alkyl carbamates (subject to hydrolysis) is 1. The van der Waals surface area contributed by atoms with Crippen LogP contribution in [-0.4, -0.2) is 40.2 Å². The lowest BCUT2D eigenvalue weighted by atomic mass is 10.1. The number of rotatable bonds is 4. The summed E-state index contributed by atoms with van der Waals surface area (Å²) in [7, 11) is 0. The minimum atomic E-state index is -0.848. The summed E-state index contributed by atoms with van der Waals surface area (Å²) in [5.74, 6) is 0. The van der Waals surface area contributed by atoms with Crippen molar-refractivity contribution >= 4 is 6.09 Å². The first-order chi connectivity index (χ1) is 7.27. The molecule has 0 aromatic carbocycles. The van der Waals surface area contributed by atoms with Crippen LogP contribution >= 0.6 is 0 Å². The number of hydrogen-bond acceptors (Lipinski definition) is 4. The Labute approximate surface area is 95.8 Å². The zero-order valence-corrected chi connectivity index (χ0v) is 10.1. The van der Waals surface area contributed by atoms with Gasteiger partial charge in [-0.1, -0.05) is 0 Å². The molecule has 0 bridgehead atoms. The van der Waals surface area contributed by atoms with Gasteiger partial charge in [-0.2, -0.15) is 0 Å². The van der Waals surface area contributed by atoms with Gasteiger partial charge in [0.05, 0.1) is 11.6 Å². The molecular formula is C11H21NO4. The molecule has 0 aromatic rings. The maximum Gasteiger partial charge on any atom is 0.407 e. The molecule has 0 aromatic heterocycles. The third kappa shape index (κ3) is 3.98. The van der Waals surface area contributed by atoms with Gasteiger partial charge in [-0.15, -0.1) is 0 Å². The number of nitrogens with one attached hydrogen (secondary N) is 1. The first-order valence-electron chi connectivity index (χ1n) is 5.59. The summed E-state index contributed by atoms with van der Waals surface area (Å²) in [5, 5.41) is 21.4. The van der Waals surface area contributed by atoms with Crippen LogP contribution in [0.4, 0.5) is 4.79 Å². The molecule has 1 atom stereocenters. The predicted molar refractivity (Wildman–Crippen MR) is 59.0 cm³/mol. The van der Waals surface area contributed by atoms with Crippen LogP contribution in [0.3, 0.4) is 0 Å². The molecule has 1 aliphatic carbocycles. The second kappa shape index (κ2) is 4.59. The van der Waals surface area contributed by atoms with Crippen molar-refractivity contribution in [2.45, 2.75) is 57.3 Å². The smallest absolute Gasteiger partial charge is 0.407 e. The molecule has 0 saturated heterocycles. The van der Waals surface area contributed by atoms with E-state index in [0.29, 0.717) is 19.3 Å². The molecule has 0 radical (unpaired) electrons. The van der Waals surface area contributed by atoms with E-state index in [2.05, 4.69) is 5.32 Å². The van der Waals surface area contributed by atoms with E-state index in [-0.39, 0.29) is 6.61 Å². The van der Waals surface area contributed by atoms with Crippen molar-refractivity contribution in [3.8, 4) is 0 Å². The molecule has 16 heavy (non-hydrogen) atoms. The molecule has 0 aliphatic heterocycles. The van der Waals surface area contributed by atoms with E-state index in [4.69, 9.17) is 9.84 Å². The second-order valence-electron chi connectivity index (χ2n) is 5.31. The number of hydrogen-bond donors (Lipinski definition) is 3. The number of carbonyl (C=O) groups is 1. The predicted octanol–water partition coefficient (Wildman–Crippen LogP) is 0.787. The minimum Gasteiger partial charge on any atom is -0.444 e. The first kappa shape index (κ1) is 13.3. The van der Waals surface area contributed by atoms with E-state index in [1.807, 2.05) is 0 Å². The summed E-state index contributed by atoms with van der Waals surface area (Å²) in [4.78, 5) is 11.5. The van der Waals surface area contributed by atoms with Gasteiger partial charge in [0, 0.05) is 6.61 Å². The first-order valence-corrected chi connectivity index (χ1v) is 5.59. The molecule has 0 spiro atoms. The molecule has 1 aliphatic rings. The second-order valence-corrected chi connectivity index (χ2v) is 5.31. The van der Waals surface area contributed by atoms with Crippen LogP contribution in [0.25, 0.3) is 0 Å². The molecule has 5 nitrogen and oxygen atoms in total. The molecule has 3 N–H and O–H groups in total. The highest BCUT2D eigenvalue weighted by molar-refractivity contribution is 5.68. The van der Waals surface area contributed by atoms with Gasteiger partial charge < -0.3 is 20.3 Å². The van der Waals surface area contributed by atoms with E-state index in [9.17, 15) is 9.90 Å². The fraction of sp³-hybridized carbons (Fsp3) is 0.909. The van der Waals surface area contributed by atoms with Crippen LogP contribution < -0.4 is 5.32 Å². The van der Waals surface area contributed by atoms with Crippen molar-refractivity contribution < 1.29 is 19.7 Å². The summed E-state index contributed by atoms with van der Waals surface area (Å²) < 4.78 is 5.09. The van der Waals surface area contributed by atoms with Crippen LogP contribution in [0, 0.1) is 0 Å². The van der Waals surface area contributed by atoms with Crippen LogP contribution in [0.2, 0.25) is 0 Å². The standard InChI is InChI=1S/C11H21NO4/c1-10(2,3)16-9(14)12-8(4-7-13)11(15)5-6-11/h8,13,15H,4-7H2,1-3H3,(H,12,14)/t8-/m1/s1. The number of carbonyl (C=O) groups excluding carboxylic acids is 1. The monoisotopic (exact) mass is 231 g/mol. The summed E-state index contributed by atoms with van der Waals surface area (Å²) >= 11 is 0. The number of amides is 1. The maximum atomic E-state index is 11.5. The van der Waals surface area contributed by atoms with Crippen LogP contribution in [0.15, 0.2) is 0 Å². The average molecular weight is 231 g/mol. The Morgan fingerprint density at radius 1 is 1.50 bits per heavy atom. The topological polar surface area (TPSA) is 78.8 Å². The van der Waals surface area contributed by atoms with E-state index in [0.717, 1.165) is 0 Å². The Balaban J connectivity index is 2.46. The van der Waals surface area contributed by atoms with Crippen molar-refractivity contribution in [1.29, 1.82) is 0 Å². The van der Waals surface area contributed by atoms with E-state index >= 15 is 0 Å². The third-order valence-electron chi connectivity index (χ3n) is 2.52. The van der Waals surface area contributed by atoms with E-state index in [1.165, 1.54) is 0 Å². The molecule has 1 fully saturated rings. The Morgan fingerprint density at radius 2 is 2.06 bits per heavy atom. The average Bonchev–Trinajstić information content (AvgIpc) is 2.81. The fourth-order valence-corrected chi connectivity index (χ4v) is 1.53. The van der Waals surface area contributed by atoms with Gasteiger partial charge in [0.2, 0.25) is 0 Å². The van der Waals surface area contributed by atoms with Crippen molar-refractivity contribution in [2.75, 3.05) is 6.61 Å². The lowest BCUT2D eigenvalue weighted by Crippen LogP contribution is -2.47. The Morgan fingerprint density at radius 3 is 2.44 bits per heavy atom. The summed E-state index contributed by atoms with van der Waals surface area (Å²) in [6, 6.07) is -0.424. The summed E-state index contributed by atoms with van der Waals surface area (Å²) in [6.45, 7) is 5.27. The summed E-state index contributed by atoms with van der Waals surface area (Å²) in [5.41, 5.74) is -1.40. The van der Waals surface area contributed by atoms with Crippen molar-refractivity contribution in [1.82, 2.24) is 5.32 Å². The molecule has 0 heterocycles. The Bertz CT molecular complexity index is 255.